The molecule has 16 heavy (non-hydrogen) atoms. The van der Waals surface area contributed by atoms with Crippen molar-refractivity contribution in [2.45, 2.75) is 18.2 Å². The van der Waals surface area contributed by atoms with Crippen LogP contribution in [-0.4, -0.2) is 5.78 Å². The fourth-order valence-electron chi connectivity index (χ4n) is 1.25. The second kappa shape index (κ2) is 5.17. The average Bonchev–Trinajstić information content (AvgIpc) is 2.26. The molecule has 1 unspecified atom stereocenters. The van der Waals surface area contributed by atoms with Crippen LogP contribution < -0.4 is 0 Å². The molecule has 0 spiro atoms. The lowest BCUT2D eigenvalue weighted by Gasteiger charge is -2.10. The number of ketones is 1. The van der Waals surface area contributed by atoms with Crippen LogP contribution in [0.4, 0.5) is 8.78 Å². The van der Waals surface area contributed by atoms with Crippen LogP contribution in [0.15, 0.2) is 18.2 Å². The van der Waals surface area contributed by atoms with Gasteiger partial charge >= 0.3 is 0 Å². The molecule has 0 bridgehead atoms. The maximum Gasteiger partial charge on any atom is 0.263 e. The van der Waals surface area contributed by atoms with E-state index >= 15 is 0 Å². The number of nitriles is 1. The van der Waals surface area contributed by atoms with Gasteiger partial charge in [-0.2, -0.15) is 5.26 Å². The lowest BCUT2D eigenvalue weighted by Crippen LogP contribution is -2.04. The van der Waals surface area contributed by atoms with Crippen molar-refractivity contribution in [3.8, 4) is 6.07 Å². The second-order valence-corrected chi connectivity index (χ2v) is 4.15. The summed E-state index contributed by atoms with van der Waals surface area (Å²) in [5.41, 5.74) is 0.314. The Balaban J connectivity index is 3.28. The molecule has 0 heterocycles. The molecule has 1 aromatic carbocycles. The van der Waals surface area contributed by atoms with Gasteiger partial charge in [-0.25, -0.2) is 8.78 Å². The van der Waals surface area contributed by atoms with E-state index in [4.69, 9.17) is 5.26 Å². The van der Waals surface area contributed by atoms with Gasteiger partial charge in [-0.1, -0.05) is 22.0 Å². The molecule has 5 heteroatoms. The SMILES string of the molecule is CC(=O)C(Br)c1cc(C(F)F)ccc1C#N. The summed E-state index contributed by atoms with van der Waals surface area (Å²) in [6.45, 7) is 1.33. The number of Topliss-reactive ketones (excluding diaryl/α,β-unsaturated/α-hetero) is 1. The molecule has 0 aliphatic rings. The molecule has 0 amide bonds. The maximum atomic E-state index is 12.5. The van der Waals surface area contributed by atoms with E-state index in [1.165, 1.54) is 25.1 Å². The normalized spacial score (nSPS) is 12.2. The monoisotopic (exact) mass is 287 g/mol. The lowest BCUT2D eigenvalue weighted by atomic mass is 10.0. The van der Waals surface area contributed by atoms with E-state index in [-0.39, 0.29) is 22.5 Å². The van der Waals surface area contributed by atoms with Gasteiger partial charge in [-0.3, -0.25) is 4.79 Å². The third-order valence-corrected chi connectivity index (χ3v) is 3.22. The highest BCUT2D eigenvalue weighted by Gasteiger charge is 2.19. The van der Waals surface area contributed by atoms with Crippen LogP contribution >= 0.6 is 15.9 Å². The van der Waals surface area contributed by atoms with E-state index in [2.05, 4.69) is 15.9 Å². The Bertz CT molecular complexity index is 454. The molecule has 0 radical (unpaired) electrons. The van der Waals surface area contributed by atoms with Gasteiger partial charge in [0.25, 0.3) is 6.43 Å². The first-order valence-corrected chi connectivity index (χ1v) is 5.35. The first-order chi connectivity index (χ1) is 7.47. The van der Waals surface area contributed by atoms with Gasteiger partial charge in [0, 0.05) is 5.56 Å². The highest BCUT2D eigenvalue weighted by Crippen LogP contribution is 2.30. The molecule has 0 saturated heterocycles. The summed E-state index contributed by atoms with van der Waals surface area (Å²) in [7, 11) is 0. The molecule has 0 fully saturated rings. The summed E-state index contributed by atoms with van der Waals surface area (Å²) in [6.07, 6.45) is -2.61. The van der Waals surface area contributed by atoms with Crippen molar-refractivity contribution >= 4 is 21.7 Å². The molecule has 84 valence electrons. The quantitative estimate of drug-likeness (QED) is 0.798. The van der Waals surface area contributed by atoms with Crippen molar-refractivity contribution in [2.75, 3.05) is 0 Å². The fraction of sp³-hybridized carbons (Fsp3) is 0.273. The van der Waals surface area contributed by atoms with E-state index in [1.807, 2.05) is 6.07 Å². The molecule has 1 aromatic rings. The van der Waals surface area contributed by atoms with Gasteiger partial charge < -0.3 is 0 Å². The van der Waals surface area contributed by atoms with Crippen molar-refractivity contribution in [3.63, 3.8) is 0 Å². The molecular weight excluding hydrogens is 280 g/mol. The minimum Gasteiger partial charge on any atom is -0.298 e. The predicted molar refractivity (Wildman–Crippen MR) is 58.5 cm³/mol. The molecule has 0 aromatic heterocycles. The molecule has 1 rings (SSSR count). The number of carbonyl (C=O) groups excluding carboxylic acids is 1. The van der Waals surface area contributed by atoms with Crippen LogP contribution in [0.2, 0.25) is 0 Å². The molecule has 0 saturated carbocycles. The molecular formula is C11H8BrF2NO. The zero-order valence-electron chi connectivity index (χ0n) is 8.38. The number of benzene rings is 1. The van der Waals surface area contributed by atoms with Crippen molar-refractivity contribution in [2.24, 2.45) is 0 Å². The number of hydrogen-bond donors (Lipinski definition) is 0. The molecule has 0 aliphatic carbocycles. The molecule has 0 aliphatic heterocycles. The van der Waals surface area contributed by atoms with E-state index in [1.54, 1.807) is 0 Å². The van der Waals surface area contributed by atoms with E-state index < -0.39 is 11.3 Å². The fourth-order valence-corrected chi connectivity index (χ4v) is 1.63. The Hall–Kier alpha value is -1.28. The van der Waals surface area contributed by atoms with Crippen LogP contribution in [0.3, 0.4) is 0 Å². The van der Waals surface area contributed by atoms with E-state index in [0.717, 1.165) is 0 Å². The average molecular weight is 288 g/mol. The van der Waals surface area contributed by atoms with Crippen molar-refractivity contribution < 1.29 is 13.6 Å². The Kier molecular flexibility index (Phi) is 4.13. The number of nitrogens with zero attached hydrogens (tertiary/aromatic N) is 1. The number of halogens is 3. The van der Waals surface area contributed by atoms with E-state index in [9.17, 15) is 13.6 Å². The van der Waals surface area contributed by atoms with Crippen LogP contribution in [0, 0.1) is 11.3 Å². The largest absolute Gasteiger partial charge is 0.298 e. The third kappa shape index (κ3) is 2.64. The van der Waals surface area contributed by atoms with Crippen LogP contribution in [0.5, 0.6) is 0 Å². The predicted octanol–water partition coefficient (Wildman–Crippen LogP) is 3.52. The standard InChI is InChI=1S/C11H8BrF2NO/c1-6(16)10(12)9-4-7(11(13)14)2-3-8(9)5-15/h2-4,10-11H,1H3. The van der Waals surface area contributed by atoms with E-state index in [0.29, 0.717) is 0 Å². The number of rotatable bonds is 3. The number of alkyl halides is 3. The highest BCUT2D eigenvalue weighted by atomic mass is 79.9. The second-order valence-electron chi connectivity index (χ2n) is 3.23. The van der Waals surface area contributed by atoms with Crippen LogP contribution in [0.1, 0.15) is 34.9 Å². The van der Waals surface area contributed by atoms with Gasteiger partial charge in [-0.05, 0) is 24.6 Å². The molecule has 2 nitrogen and oxygen atoms in total. The van der Waals surface area contributed by atoms with Crippen LogP contribution in [-0.2, 0) is 4.79 Å². The lowest BCUT2D eigenvalue weighted by molar-refractivity contribution is -0.116. The van der Waals surface area contributed by atoms with Gasteiger partial charge in [0.1, 0.15) is 5.78 Å². The Morgan fingerprint density at radius 3 is 2.56 bits per heavy atom. The third-order valence-electron chi connectivity index (χ3n) is 2.08. The summed E-state index contributed by atoms with van der Waals surface area (Å²) in [6, 6.07) is 5.54. The Labute approximate surface area is 100 Å². The van der Waals surface area contributed by atoms with Crippen LogP contribution in [0.25, 0.3) is 0 Å². The van der Waals surface area contributed by atoms with Gasteiger partial charge in [-0.15, -0.1) is 0 Å². The van der Waals surface area contributed by atoms with Crippen molar-refractivity contribution in [1.82, 2.24) is 0 Å². The minimum absolute atomic E-state index is 0.195. The summed E-state index contributed by atoms with van der Waals surface area (Å²) < 4.78 is 24.9. The molecule has 0 N–H and O–H groups in total. The topological polar surface area (TPSA) is 40.9 Å². The molecule has 1 atom stereocenters. The summed E-state index contributed by atoms with van der Waals surface area (Å²) in [4.78, 5) is 10.4. The summed E-state index contributed by atoms with van der Waals surface area (Å²) in [5, 5.41) is 8.81. The van der Waals surface area contributed by atoms with Gasteiger partial charge in [0.15, 0.2) is 0 Å². The van der Waals surface area contributed by atoms with Gasteiger partial charge in [0.05, 0.1) is 16.5 Å². The Morgan fingerprint density at radius 1 is 1.50 bits per heavy atom. The smallest absolute Gasteiger partial charge is 0.263 e. The first-order valence-electron chi connectivity index (χ1n) is 4.44. The van der Waals surface area contributed by atoms with Crippen molar-refractivity contribution in [1.29, 1.82) is 5.26 Å². The first kappa shape index (κ1) is 12.8. The summed E-state index contributed by atoms with van der Waals surface area (Å²) in [5.74, 6) is -0.233. The Morgan fingerprint density at radius 2 is 2.12 bits per heavy atom. The highest BCUT2D eigenvalue weighted by molar-refractivity contribution is 9.09. The minimum atomic E-state index is -2.61. The summed E-state index contributed by atoms with van der Waals surface area (Å²) >= 11 is 3.08. The van der Waals surface area contributed by atoms with Gasteiger partial charge in [0.2, 0.25) is 0 Å². The number of carbonyl (C=O) groups is 1. The number of hydrogen-bond acceptors (Lipinski definition) is 2. The zero-order valence-corrected chi connectivity index (χ0v) is 9.96. The maximum absolute atomic E-state index is 12.5. The zero-order chi connectivity index (χ0) is 12.3. The van der Waals surface area contributed by atoms with Crippen molar-refractivity contribution in [3.05, 3.63) is 34.9 Å².